The minimum Gasteiger partial charge on any atom is -0.492 e. The van der Waals surface area contributed by atoms with Gasteiger partial charge in [-0.3, -0.25) is 9.59 Å². The quantitative estimate of drug-likeness (QED) is 0.845. The highest BCUT2D eigenvalue weighted by Crippen LogP contribution is 2.49. The van der Waals surface area contributed by atoms with Crippen molar-refractivity contribution in [3.05, 3.63) is 17.2 Å². The van der Waals surface area contributed by atoms with E-state index in [1.54, 1.807) is 0 Å². The fourth-order valence-corrected chi connectivity index (χ4v) is 3.52. The van der Waals surface area contributed by atoms with Gasteiger partial charge in [0, 0.05) is 24.8 Å². The first kappa shape index (κ1) is 12.5. The molecule has 6 heteroatoms. The average molecular weight is 289 g/mol. The van der Waals surface area contributed by atoms with E-state index in [2.05, 4.69) is 5.32 Å². The number of benzene rings is 1. The zero-order valence-corrected chi connectivity index (χ0v) is 11.6. The van der Waals surface area contributed by atoms with Crippen LogP contribution >= 0.6 is 0 Å². The first-order chi connectivity index (χ1) is 10.2. The first-order valence-electron chi connectivity index (χ1n) is 7.02. The molecule has 0 unspecified atom stereocenters. The lowest BCUT2D eigenvalue weighted by atomic mass is 9.75. The summed E-state index contributed by atoms with van der Waals surface area (Å²) < 4.78 is 16.2. The van der Waals surface area contributed by atoms with Gasteiger partial charge in [0.15, 0.2) is 11.5 Å². The van der Waals surface area contributed by atoms with Crippen molar-refractivity contribution in [3.63, 3.8) is 0 Å². The van der Waals surface area contributed by atoms with Gasteiger partial charge in [0.1, 0.15) is 5.78 Å². The Morgan fingerprint density at radius 2 is 2.19 bits per heavy atom. The molecule has 1 aliphatic carbocycles. The number of fused-ring (bicyclic) bond motifs is 4. The van der Waals surface area contributed by atoms with Crippen molar-refractivity contribution < 1.29 is 23.8 Å². The van der Waals surface area contributed by atoms with Gasteiger partial charge in [0.05, 0.1) is 12.7 Å². The number of rotatable bonds is 1. The highest BCUT2D eigenvalue weighted by molar-refractivity contribution is 6.02. The molecule has 2 aliphatic heterocycles. The molecule has 1 fully saturated rings. The second-order valence-electron chi connectivity index (χ2n) is 5.58. The molecule has 1 aromatic carbocycles. The summed E-state index contributed by atoms with van der Waals surface area (Å²) in [5, 5.41) is 2.93. The van der Waals surface area contributed by atoms with Crippen LogP contribution in [0, 0.1) is 0 Å². The number of hydrogen-bond donors (Lipinski definition) is 1. The maximum atomic E-state index is 12.4. The number of carbonyl (C=O) groups excluding carboxylic acids is 2. The second-order valence-corrected chi connectivity index (χ2v) is 5.58. The normalized spacial score (nSPS) is 26.0. The van der Waals surface area contributed by atoms with Gasteiger partial charge in [-0.2, -0.15) is 0 Å². The van der Waals surface area contributed by atoms with Crippen LogP contribution < -0.4 is 19.5 Å². The highest BCUT2D eigenvalue weighted by Gasteiger charge is 2.41. The molecule has 0 bridgehead atoms. The number of Topliss-reactive ketones (excluding diaryl/α,β-unsaturated/α-hetero) is 1. The van der Waals surface area contributed by atoms with Gasteiger partial charge >= 0.3 is 0 Å². The van der Waals surface area contributed by atoms with Crippen LogP contribution in [-0.2, 0) is 4.79 Å². The number of carbonyl (C=O) groups is 2. The largest absolute Gasteiger partial charge is 0.492 e. The Bertz CT molecular complexity index is 654. The van der Waals surface area contributed by atoms with Crippen LogP contribution in [0.2, 0.25) is 0 Å². The summed E-state index contributed by atoms with van der Waals surface area (Å²) in [6, 6.07) is 1.74. The van der Waals surface area contributed by atoms with Gasteiger partial charge in [0.2, 0.25) is 12.5 Å². The Labute approximate surface area is 121 Å². The van der Waals surface area contributed by atoms with Crippen LogP contribution in [0.1, 0.15) is 41.1 Å². The number of ether oxygens (including phenoxy) is 3. The fourth-order valence-electron chi connectivity index (χ4n) is 3.52. The predicted molar refractivity (Wildman–Crippen MR) is 72.0 cm³/mol. The van der Waals surface area contributed by atoms with Crippen molar-refractivity contribution in [2.24, 2.45) is 0 Å². The van der Waals surface area contributed by atoms with Gasteiger partial charge in [-0.15, -0.1) is 0 Å². The van der Waals surface area contributed by atoms with E-state index in [4.69, 9.17) is 14.2 Å². The topological polar surface area (TPSA) is 73.9 Å². The molecule has 21 heavy (non-hydrogen) atoms. The number of ketones is 1. The van der Waals surface area contributed by atoms with E-state index < -0.39 is 0 Å². The van der Waals surface area contributed by atoms with Crippen molar-refractivity contribution >= 4 is 11.7 Å². The summed E-state index contributed by atoms with van der Waals surface area (Å²) in [5.41, 5.74) is 1.41. The number of amides is 1. The monoisotopic (exact) mass is 289 g/mol. The van der Waals surface area contributed by atoms with Gasteiger partial charge < -0.3 is 19.5 Å². The van der Waals surface area contributed by atoms with E-state index in [1.807, 2.05) is 6.07 Å². The Morgan fingerprint density at radius 1 is 1.33 bits per heavy atom. The van der Waals surface area contributed by atoms with Crippen LogP contribution in [-0.4, -0.2) is 31.6 Å². The van der Waals surface area contributed by atoms with Crippen LogP contribution in [0.15, 0.2) is 6.07 Å². The molecular weight excluding hydrogens is 274 g/mol. The standard InChI is InChI=1S/C15H15NO5/c1-19-14-12-9(5-11-13(14)21-6-20-11)8-3-2-7(17)4-10(8)16-15(12)18/h5,8,10H,2-4,6H2,1H3,(H,16,18)/t8-,10+/m1/s1. The third kappa shape index (κ3) is 1.71. The third-order valence-electron chi connectivity index (χ3n) is 4.46. The number of methoxy groups -OCH3 is 1. The molecule has 110 valence electrons. The van der Waals surface area contributed by atoms with Crippen LogP contribution in [0.3, 0.4) is 0 Å². The molecular formula is C15H15NO5. The van der Waals surface area contributed by atoms with Gasteiger partial charge in [-0.1, -0.05) is 0 Å². The van der Waals surface area contributed by atoms with Crippen molar-refractivity contribution in [2.75, 3.05) is 13.9 Å². The van der Waals surface area contributed by atoms with Gasteiger partial charge in [-0.25, -0.2) is 0 Å². The molecule has 2 atom stereocenters. The van der Waals surface area contributed by atoms with Crippen LogP contribution in [0.4, 0.5) is 0 Å². The molecule has 1 amide bonds. The molecule has 1 saturated carbocycles. The summed E-state index contributed by atoms with van der Waals surface area (Å²) in [4.78, 5) is 24.1. The van der Waals surface area contributed by atoms with Gasteiger partial charge in [-0.05, 0) is 18.1 Å². The molecule has 0 radical (unpaired) electrons. The molecule has 0 spiro atoms. The molecule has 6 nitrogen and oxygen atoms in total. The minimum atomic E-state index is -0.212. The van der Waals surface area contributed by atoms with Crippen molar-refractivity contribution in [2.45, 2.75) is 31.2 Å². The lowest BCUT2D eigenvalue weighted by Gasteiger charge is -2.37. The summed E-state index contributed by atoms with van der Waals surface area (Å²) in [6.07, 6.45) is 1.68. The highest BCUT2D eigenvalue weighted by atomic mass is 16.7. The van der Waals surface area contributed by atoms with E-state index in [0.29, 0.717) is 35.7 Å². The Kier molecular flexibility index (Phi) is 2.60. The van der Waals surface area contributed by atoms with E-state index in [1.165, 1.54) is 7.11 Å². The summed E-state index contributed by atoms with van der Waals surface area (Å²) in [5.74, 6) is 1.63. The van der Waals surface area contributed by atoms with Crippen LogP contribution in [0.25, 0.3) is 0 Å². The van der Waals surface area contributed by atoms with Crippen LogP contribution in [0.5, 0.6) is 17.2 Å². The molecule has 1 N–H and O–H groups in total. The maximum Gasteiger partial charge on any atom is 0.255 e. The van der Waals surface area contributed by atoms with E-state index in [9.17, 15) is 9.59 Å². The van der Waals surface area contributed by atoms with Gasteiger partial charge in [0.25, 0.3) is 5.91 Å². The predicted octanol–water partition coefficient (Wildman–Crippen LogP) is 1.37. The molecule has 2 heterocycles. The summed E-state index contributed by atoms with van der Waals surface area (Å²) in [7, 11) is 1.52. The van der Waals surface area contributed by atoms with E-state index in [-0.39, 0.29) is 30.4 Å². The first-order valence-corrected chi connectivity index (χ1v) is 7.02. The molecule has 1 aromatic rings. The SMILES string of the molecule is COc1c2c(cc3c1C(=O)N[C@H]1CC(=O)CC[C@H]31)OCO2. The fraction of sp³-hybridized carbons (Fsp3) is 0.467. The zero-order chi connectivity index (χ0) is 14.6. The average Bonchev–Trinajstić information content (AvgIpc) is 2.92. The molecule has 0 saturated heterocycles. The van der Waals surface area contributed by atoms with Crippen molar-refractivity contribution in [1.82, 2.24) is 5.32 Å². The Hall–Kier alpha value is -2.24. The van der Waals surface area contributed by atoms with Crippen molar-refractivity contribution in [1.29, 1.82) is 0 Å². The smallest absolute Gasteiger partial charge is 0.255 e. The molecule has 4 rings (SSSR count). The zero-order valence-electron chi connectivity index (χ0n) is 11.6. The minimum absolute atomic E-state index is 0.124. The molecule has 0 aromatic heterocycles. The Balaban J connectivity index is 1.89. The lowest BCUT2D eigenvalue weighted by molar-refractivity contribution is -0.121. The maximum absolute atomic E-state index is 12.4. The summed E-state index contributed by atoms with van der Waals surface area (Å²) >= 11 is 0. The lowest BCUT2D eigenvalue weighted by Crippen LogP contribution is -2.47. The summed E-state index contributed by atoms with van der Waals surface area (Å²) in [6.45, 7) is 0.128. The second kappa shape index (κ2) is 4.38. The number of nitrogens with one attached hydrogen (secondary N) is 1. The molecule has 3 aliphatic rings. The number of hydrogen-bond acceptors (Lipinski definition) is 5. The van der Waals surface area contributed by atoms with E-state index >= 15 is 0 Å². The Morgan fingerprint density at radius 3 is 3.00 bits per heavy atom. The van der Waals surface area contributed by atoms with E-state index in [0.717, 1.165) is 12.0 Å². The third-order valence-corrected chi connectivity index (χ3v) is 4.46. The van der Waals surface area contributed by atoms with Crippen molar-refractivity contribution in [3.8, 4) is 17.2 Å².